The van der Waals surface area contributed by atoms with Gasteiger partial charge in [-0.2, -0.15) is 0 Å². The zero-order valence-corrected chi connectivity index (χ0v) is 26.3. The first-order valence-electron chi connectivity index (χ1n) is 16.5. The lowest BCUT2D eigenvalue weighted by molar-refractivity contribution is 0.673. The van der Waals surface area contributed by atoms with Crippen molar-refractivity contribution in [3.8, 4) is 45.0 Å². The fourth-order valence-electron chi connectivity index (χ4n) is 7.15. The molecule has 0 aliphatic rings. The molecule has 0 fully saturated rings. The fourth-order valence-corrected chi connectivity index (χ4v) is 7.15. The molecule has 0 saturated heterocycles. The number of benzene rings is 7. The Hall–Kier alpha value is -6.65. The van der Waals surface area contributed by atoms with Crippen molar-refractivity contribution in [1.82, 2.24) is 15.0 Å². The molecule has 0 N–H and O–H groups in total. The number of hydrogen-bond donors (Lipinski definition) is 0. The third-order valence-corrected chi connectivity index (χ3v) is 9.48. The molecule has 0 bridgehead atoms. The van der Waals surface area contributed by atoms with E-state index in [0.717, 1.165) is 82.6 Å². The van der Waals surface area contributed by atoms with Crippen LogP contribution in [-0.2, 0) is 0 Å². The Morgan fingerprint density at radius 2 is 0.857 bits per heavy atom. The number of pyridine rings is 1. The number of furan rings is 1. The Labute approximate surface area is 282 Å². The van der Waals surface area contributed by atoms with Crippen LogP contribution in [0.15, 0.2) is 168 Å². The molecular weight excluding hydrogens is 599 g/mol. The highest BCUT2D eigenvalue weighted by atomic mass is 16.3. The van der Waals surface area contributed by atoms with Gasteiger partial charge in [0.05, 0.1) is 28.0 Å². The van der Waals surface area contributed by atoms with Crippen LogP contribution >= 0.6 is 0 Å². The van der Waals surface area contributed by atoms with Crippen LogP contribution in [0.3, 0.4) is 0 Å². The average Bonchev–Trinajstić information content (AvgIpc) is 3.57. The van der Waals surface area contributed by atoms with E-state index in [1.807, 2.05) is 30.3 Å². The topological polar surface area (TPSA) is 51.8 Å². The van der Waals surface area contributed by atoms with Crippen LogP contribution in [0.2, 0.25) is 0 Å². The number of nitrogens with zero attached hydrogens (tertiary/aromatic N) is 3. The van der Waals surface area contributed by atoms with Gasteiger partial charge in [-0.25, -0.2) is 15.0 Å². The Bertz CT molecular complexity index is 2860. The summed E-state index contributed by atoms with van der Waals surface area (Å²) in [5.41, 5.74) is 10.6. The second-order valence-electron chi connectivity index (χ2n) is 12.3. The minimum Gasteiger partial charge on any atom is -0.455 e. The van der Waals surface area contributed by atoms with E-state index in [1.165, 1.54) is 11.1 Å². The molecule has 3 aromatic heterocycles. The van der Waals surface area contributed by atoms with Crippen LogP contribution < -0.4 is 0 Å². The SMILES string of the molecule is c1ccc(-c2ccc(-c3nc(-c4cccc5c4oc4c5ccc5c(-c6ccccc6)nc6ccccc6c54)nc4ccccc34)cc2)cc1. The molecule has 4 heteroatoms. The Kier molecular flexibility index (Phi) is 6.15. The summed E-state index contributed by atoms with van der Waals surface area (Å²) in [5.74, 6) is 0.631. The van der Waals surface area contributed by atoms with Gasteiger partial charge in [0, 0.05) is 43.4 Å². The number of fused-ring (bicyclic) bond motifs is 8. The van der Waals surface area contributed by atoms with Gasteiger partial charge in [-0.3, -0.25) is 0 Å². The lowest BCUT2D eigenvalue weighted by atomic mass is 9.97. The molecular formula is C45H27N3O. The monoisotopic (exact) mass is 625 g/mol. The average molecular weight is 626 g/mol. The predicted octanol–water partition coefficient (Wildman–Crippen LogP) is 11.9. The van der Waals surface area contributed by atoms with Crippen molar-refractivity contribution >= 4 is 54.5 Å². The largest absolute Gasteiger partial charge is 0.455 e. The molecule has 49 heavy (non-hydrogen) atoms. The third kappa shape index (κ3) is 4.42. The molecule has 0 amide bonds. The molecule has 4 nitrogen and oxygen atoms in total. The van der Waals surface area contributed by atoms with Gasteiger partial charge in [0.1, 0.15) is 11.2 Å². The molecule has 0 atom stereocenters. The van der Waals surface area contributed by atoms with Crippen LogP contribution in [0, 0.1) is 0 Å². The highest BCUT2D eigenvalue weighted by molar-refractivity contribution is 6.25. The van der Waals surface area contributed by atoms with E-state index < -0.39 is 0 Å². The molecule has 10 rings (SSSR count). The first-order chi connectivity index (χ1) is 24.3. The summed E-state index contributed by atoms with van der Waals surface area (Å²) in [7, 11) is 0. The number of rotatable bonds is 4. The molecule has 0 aliphatic heterocycles. The van der Waals surface area contributed by atoms with Gasteiger partial charge in [-0.15, -0.1) is 0 Å². The van der Waals surface area contributed by atoms with E-state index in [-0.39, 0.29) is 0 Å². The molecule has 0 spiro atoms. The van der Waals surface area contributed by atoms with Crippen LogP contribution in [-0.4, -0.2) is 15.0 Å². The van der Waals surface area contributed by atoms with Gasteiger partial charge in [-0.05, 0) is 35.4 Å². The van der Waals surface area contributed by atoms with Crippen molar-refractivity contribution in [3.05, 3.63) is 164 Å². The lowest BCUT2D eigenvalue weighted by Gasteiger charge is -2.10. The van der Waals surface area contributed by atoms with Gasteiger partial charge in [0.25, 0.3) is 0 Å². The smallest absolute Gasteiger partial charge is 0.164 e. The fraction of sp³-hybridized carbons (Fsp3) is 0. The molecule has 7 aromatic carbocycles. The van der Waals surface area contributed by atoms with Crippen LogP contribution in [0.25, 0.3) is 99.5 Å². The molecule has 10 aromatic rings. The number of aromatic nitrogens is 3. The van der Waals surface area contributed by atoms with Gasteiger partial charge in [-0.1, -0.05) is 140 Å². The standard InChI is InChI=1S/C45H27N3O/c1-3-12-28(13-4-1)29-22-24-31(25-23-29)41-35-17-8-10-21-39(35)47-45(48-41)37-19-11-18-32-33-26-27-36-40(44(33)49-43(32)37)34-16-7-9-20-38(34)46-42(36)30-14-5-2-6-15-30/h1-27H. The molecule has 228 valence electrons. The molecule has 0 aliphatic carbocycles. The van der Waals surface area contributed by atoms with Crippen LogP contribution in [0.1, 0.15) is 0 Å². The zero-order chi connectivity index (χ0) is 32.3. The van der Waals surface area contributed by atoms with Crippen molar-refractivity contribution in [2.45, 2.75) is 0 Å². The summed E-state index contributed by atoms with van der Waals surface area (Å²) in [5, 5.41) is 6.27. The summed E-state index contributed by atoms with van der Waals surface area (Å²) in [6, 6.07) is 56.6. The number of para-hydroxylation sites is 3. The van der Waals surface area contributed by atoms with Gasteiger partial charge < -0.3 is 4.42 Å². The van der Waals surface area contributed by atoms with Crippen molar-refractivity contribution in [3.63, 3.8) is 0 Å². The predicted molar refractivity (Wildman–Crippen MR) is 201 cm³/mol. The van der Waals surface area contributed by atoms with Crippen molar-refractivity contribution in [2.75, 3.05) is 0 Å². The van der Waals surface area contributed by atoms with E-state index in [2.05, 4.69) is 133 Å². The van der Waals surface area contributed by atoms with E-state index in [0.29, 0.717) is 5.82 Å². The van der Waals surface area contributed by atoms with Gasteiger partial charge in [0.15, 0.2) is 5.82 Å². The summed E-state index contributed by atoms with van der Waals surface area (Å²) in [6.45, 7) is 0. The first kappa shape index (κ1) is 27.5. The van der Waals surface area contributed by atoms with Crippen molar-refractivity contribution < 1.29 is 4.42 Å². The van der Waals surface area contributed by atoms with Crippen LogP contribution in [0.5, 0.6) is 0 Å². The Morgan fingerprint density at radius 1 is 0.327 bits per heavy atom. The van der Waals surface area contributed by atoms with Crippen molar-refractivity contribution in [1.29, 1.82) is 0 Å². The normalized spacial score (nSPS) is 11.7. The summed E-state index contributed by atoms with van der Waals surface area (Å²) in [6.07, 6.45) is 0. The van der Waals surface area contributed by atoms with Crippen LogP contribution in [0.4, 0.5) is 0 Å². The summed E-state index contributed by atoms with van der Waals surface area (Å²) in [4.78, 5) is 15.5. The van der Waals surface area contributed by atoms with E-state index in [4.69, 9.17) is 19.4 Å². The Balaban J connectivity index is 1.21. The molecule has 0 radical (unpaired) electrons. The first-order valence-corrected chi connectivity index (χ1v) is 16.5. The van der Waals surface area contributed by atoms with Gasteiger partial charge >= 0.3 is 0 Å². The second-order valence-corrected chi connectivity index (χ2v) is 12.3. The number of hydrogen-bond acceptors (Lipinski definition) is 4. The second kappa shape index (κ2) is 11.0. The van der Waals surface area contributed by atoms with E-state index >= 15 is 0 Å². The van der Waals surface area contributed by atoms with E-state index in [9.17, 15) is 0 Å². The minimum atomic E-state index is 0.631. The molecule has 3 heterocycles. The lowest BCUT2D eigenvalue weighted by Crippen LogP contribution is -1.95. The highest BCUT2D eigenvalue weighted by Crippen LogP contribution is 2.43. The van der Waals surface area contributed by atoms with E-state index in [1.54, 1.807) is 0 Å². The maximum atomic E-state index is 6.96. The minimum absolute atomic E-state index is 0.631. The summed E-state index contributed by atoms with van der Waals surface area (Å²) < 4.78 is 6.96. The van der Waals surface area contributed by atoms with Crippen molar-refractivity contribution in [2.24, 2.45) is 0 Å². The van der Waals surface area contributed by atoms with Gasteiger partial charge in [0.2, 0.25) is 0 Å². The Morgan fingerprint density at radius 3 is 1.63 bits per heavy atom. The maximum Gasteiger partial charge on any atom is 0.164 e. The quantitative estimate of drug-likeness (QED) is 0.183. The highest BCUT2D eigenvalue weighted by Gasteiger charge is 2.20. The maximum absolute atomic E-state index is 6.96. The molecule has 0 unspecified atom stereocenters. The third-order valence-electron chi connectivity index (χ3n) is 9.48. The molecule has 0 saturated carbocycles. The zero-order valence-electron chi connectivity index (χ0n) is 26.3. The summed E-state index contributed by atoms with van der Waals surface area (Å²) >= 11 is 0.